The maximum atomic E-state index is 11.7. The Kier molecular flexibility index (Phi) is 4.58. The Morgan fingerprint density at radius 1 is 1.44 bits per heavy atom. The summed E-state index contributed by atoms with van der Waals surface area (Å²) in [5, 5.41) is 3.04. The Morgan fingerprint density at radius 2 is 2.12 bits per heavy atom. The average Bonchev–Trinajstić information content (AvgIpc) is 2.09. The first kappa shape index (κ1) is 13.7. The summed E-state index contributed by atoms with van der Waals surface area (Å²) >= 11 is 0. The van der Waals surface area contributed by atoms with Crippen molar-refractivity contribution in [1.29, 1.82) is 0 Å². The molecule has 0 radical (unpaired) electrons. The molecule has 0 aromatic rings. The fourth-order valence-corrected chi connectivity index (χ4v) is 1.84. The van der Waals surface area contributed by atoms with Crippen LogP contribution in [-0.4, -0.2) is 37.8 Å². The lowest BCUT2D eigenvalue weighted by Crippen LogP contribution is -2.44. The van der Waals surface area contributed by atoms with E-state index in [1.165, 1.54) is 0 Å². The second kappa shape index (κ2) is 5.33. The van der Waals surface area contributed by atoms with E-state index in [1.807, 2.05) is 13.8 Å². The van der Waals surface area contributed by atoms with E-state index in [2.05, 4.69) is 10.1 Å². The van der Waals surface area contributed by atoms with Gasteiger partial charge in [0.25, 0.3) is 0 Å². The van der Waals surface area contributed by atoms with Gasteiger partial charge in [-0.1, -0.05) is 0 Å². The van der Waals surface area contributed by atoms with E-state index in [1.54, 1.807) is 0 Å². The van der Waals surface area contributed by atoms with E-state index in [4.69, 9.17) is 4.74 Å². The molecule has 1 rings (SSSR count). The third kappa shape index (κ3) is 5.67. The molecule has 1 atom stereocenters. The third-order valence-corrected chi connectivity index (χ3v) is 2.50. The van der Waals surface area contributed by atoms with Crippen molar-refractivity contribution in [3.8, 4) is 0 Å². The van der Waals surface area contributed by atoms with Crippen molar-refractivity contribution < 1.29 is 22.6 Å². The van der Waals surface area contributed by atoms with Crippen LogP contribution in [0.15, 0.2) is 0 Å². The van der Waals surface area contributed by atoms with E-state index >= 15 is 0 Å². The fourth-order valence-electron chi connectivity index (χ4n) is 1.84. The van der Waals surface area contributed by atoms with Crippen molar-refractivity contribution in [2.45, 2.75) is 44.7 Å². The predicted molar refractivity (Wildman–Crippen MR) is 53.1 cm³/mol. The molecule has 0 saturated carbocycles. The van der Waals surface area contributed by atoms with E-state index in [0.29, 0.717) is 6.61 Å². The molecule has 1 unspecified atom stereocenters. The summed E-state index contributed by atoms with van der Waals surface area (Å²) in [4.78, 5) is 0. The fraction of sp³-hybridized carbons (Fsp3) is 1.00. The van der Waals surface area contributed by atoms with Crippen LogP contribution in [0.2, 0.25) is 0 Å². The Bertz CT molecular complexity index is 219. The molecule has 6 heteroatoms. The SMILES string of the molecule is CC1(C)CC(NCCOC(F)(F)F)CCO1. The molecule has 1 N–H and O–H groups in total. The van der Waals surface area contributed by atoms with Crippen LogP contribution in [0.5, 0.6) is 0 Å². The highest BCUT2D eigenvalue weighted by molar-refractivity contribution is 4.82. The number of hydrogen-bond acceptors (Lipinski definition) is 3. The lowest BCUT2D eigenvalue weighted by molar-refractivity contribution is -0.323. The predicted octanol–water partition coefficient (Wildman–Crippen LogP) is 2.07. The van der Waals surface area contributed by atoms with Crippen molar-refractivity contribution >= 4 is 0 Å². The first-order valence-electron chi connectivity index (χ1n) is 5.36. The van der Waals surface area contributed by atoms with Gasteiger partial charge in [0, 0.05) is 19.2 Å². The molecule has 0 aliphatic carbocycles. The molecular weight excluding hydrogens is 223 g/mol. The van der Waals surface area contributed by atoms with Crippen LogP contribution in [0.3, 0.4) is 0 Å². The number of ether oxygens (including phenoxy) is 2. The molecule has 0 aromatic heterocycles. The topological polar surface area (TPSA) is 30.5 Å². The summed E-state index contributed by atoms with van der Waals surface area (Å²) in [6.45, 7) is 4.46. The van der Waals surface area contributed by atoms with E-state index in [9.17, 15) is 13.2 Å². The highest BCUT2D eigenvalue weighted by Gasteiger charge is 2.30. The van der Waals surface area contributed by atoms with Crippen LogP contribution >= 0.6 is 0 Å². The van der Waals surface area contributed by atoms with Crippen LogP contribution in [0.25, 0.3) is 0 Å². The maximum absolute atomic E-state index is 11.7. The zero-order chi connectivity index (χ0) is 12.2. The highest BCUT2D eigenvalue weighted by atomic mass is 19.4. The zero-order valence-electron chi connectivity index (χ0n) is 9.56. The molecule has 16 heavy (non-hydrogen) atoms. The third-order valence-electron chi connectivity index (χ3n) is 2.50. The Labute approximate surface area is 93.3 Å². The first-order valence-corrected chi connectivity index (χ1v) is 5.36. The van der Waals surface area contributed by atoms with E-state index in [-0.39, 0.29) is 24.8 Å². The molecule has 3 nitrogen and oxygen atoms in total. The Hall–Kier alpha value is -0.330. The monoisotopic (exact) mass is 241 g/mol. The van der Waals surface area contributed by atoms with Crippen molar-refractivity contribution in [3.63, 3.8) is 0 Å². The van der Waals surface area contributed by atoms with Crippen molar-refractivity contribution in [2.24, 2.45) is 0 Å². The number of hydrogen-bond donors (Lipinski definition) is 1. The molecule has 1 fully saturated rings. The minimum absolute atomic E-state index is 0.194. The minimum Gasteiger partial charge on any atom is -0.375 e. The van der Waals surface area contributed by atoms with Crippen LogP contribution in [0, 0.1) is 0 Å². The summed E-state index contributed by atoms with van der Waals surface area (Å²) in [5.41, 5.74) is -0.194. The van der Waals surface area contributed by atoms with E-state index < -0.39 is 6.36 Å². The summed E-state index contributed by atoms with van der Waals surface area (Å²) in [6.07, 6.45) is -2.90. The Morgan fingerprint density at radius 3 is 2.69 bits per heavy atom. The van der Waals surface area contributed by atoms with Gasteiger partial charge in [-0.15, -0.1) is 13.2 Å². The lowest BCUT2D eigenvalue weighted by Gasteiger charge is -2.36. The van der Waals surface area contributed by atoms with Gasteiger partial charge in [0.05, 0.1) is 12.2 Å². The molecule has 1 saturated heterocycles. The molecule has 0 bridgehead atoms. The van der Waals surface area contributed by atoms with Gasteiger partial charge >= 0.3 is 6.36 Å². The normalized spacial score (nSPS) is 25.7. The molecule has 0 amide bonds. The lowest BCUT2D eigenvalue weighted by atomic mass is 9.94. The number of alkyl halides is 3. The van der Waals surface area contributed by atoms with Crippen molar-refractivity contribution in [3.05, 3.63) is 0 Å². The second-order valence-electron chi connectivity index (χ2n) is 4.55. The van der Waals surface area contributed by atoms with Gasteiger partial charge in [0.1, 0.15) is 0 Å². The van der Waals surface area contributed by atoms with Crippen molar-refractivity contribution in [2.75, 3.05) is 19.8 Å². The Balaban J connectivity index is 2.13. The number of rotatable bonds is 4. The zero-order valence-corrected chi connectivity index (χ0v) is 9.56. The summed E-state index contributed by atoms with van der Waals surface area (Å²) < 4.78 is 44.2. The number of nitrogens with one attached hydrogen (secondary N) is 1. The molecule has 1 aliphatic heterocycles. The molecule has 0 spiro atoms. The summed E-state index contributed by atoms with van der Waals surface area (Å²) in [7, 11) is 0. The van der Waals surface area contributed by atoms with Crippen LogP contribution in [0.1, 0.15) is 26.7 Å². The summed E-state index contributed by atoms with van der Waals surface area (Å²) in [5.74, 6) is 0. The highest BCUT2D eigenvalue weighted by Crippen LogP contribution is 2.23. The molecule has 1 aliphatic rings. The van der Waals surface area contributed by atoms with Gasteiger partial charge in [0.15, 0.2) is 0 Å². The van der Waals surface area contributed by atoms with Crippen LogP contribution < -0.4 is 5.32 Å². The van der Waals surface area contributed by atoms with Gasteiger partial charge in [-0.3, -0.25) is 4.74 Å². The van der Waals surface area contributed by atoms with Crippen LogP contribution in [-0.2, 0) is 9.47 Å². The molecular formula is C10H18F3NO2. The van der Waals surface area contributed by atoms with Gasteiger partial charge < -0.3 is 10.1 Å². The van der Waals surface area contributed by atoms with Crippen LogP contribution in [0.4, 0.5) is 13.2 Å². The van der Waals surface area contributed by atoms with E-state index in [0.717, 1.165) is 12.8 Å². The quantitative estimate of drug-likeness (QED) is 0.764. The molecule has 1 heterocycles. The van der Waals surface area contributed by atoms with Gasteiger partial charge in [0.2, 0.25) is 0 Å². The standard InChI is InChI=1S/C10H18F3NO2/c1-9(2)7-8(3-5-15-9)14-4-6-16-10(11,12)13/h8,14H,3-7H2,1-2H3. The largest absolute Gasteiger partial charge is 0.522 e. The van der Waals surface area contributed by atoms with Gasteiger partial charge in [-0.2, -0.15) is 0 Å². The first-order chi connectivity index (χ1) is 7.29. The maximum Gasteiger partial charge on any atom is 0.522 e. The summed E-state index contributed by atoms with van der Waals surface area (Å²) in [6, 6.07) is 0.209. The number of halogens is 3. The second-order valence-corrected chi connectivity index (χ2v) is 4.55. The molecule has 0 aromatic carbocycles. The smallest absolute Gasteiger partial charge is 0.375 e. The van der Waals surface area contributed by atoms with Gasteiger partial charge in [-0.05, 0) is 26.7 Å². The van der Waals surface area contributed by atoms with Gasteiger partial charge in [-0.25, -0.2) is 0 Å². The molecule has 96 valence electrons. The minimum atomic E-state index is -4.53. The average molecular weight is 241 g/mol. The van der Waals surface area contributed by atoms with Crippen molar-refractivity contribution in [1.82, 2.24) is 5.32 Å².